The van der Waals surface area contributed by atoms with Gasteiger partial charge in [-0.3, -0.25) is 4.72 Å². The van der Waals surface area contributed by atoms with Crippen LogP contribution < -0.4 is 10.0 Å². The van der Waals surface area contributed by atoms with Gasteiger partial charge in [-0.15, -0.1) is 0 Å². The molecule has 0 radical (unpaired) electrons. The molecule has 0 atom stereocenters. The summed E-state index contributed by atoms with van der Waals surface area (Å²) in [4.78, 5) is 1.58. The zero-order valence-electron chi connectivity index (χ0n) is 19.4. The molecule has 1 fully saturated rings. The molecule has 4 rings (SSSR count). The lowest BCUT2D eigenvalue weighted by Gasteiger charge is -2.10. The van der Waals surface area contributed by atoms with Crippen molar-refractivity contribution in [2.75, 3.05) is 17.8 Å². The molecule has 0 spiro atoms. The standard InChI is InChI=1S/C19H15ClFNO3S2.C4H9N.C2H6/c1-12-8-13(21)10-16(9-12)26-15-3-5-17(6-4-15)27(24,25)22-14-2-7-18(20)19(23)11-14;1-2-4-5-3-1;1-2/h2-11,22-23H,1H3;5H,1-4H2;1-2H3. The van der Waals surface area contributed by atoms with Crippen LogP contribution in [0.1, 0.15) is 32.3 Å². The Morgan fingerprint density at radius 1 is 0.971 bits per heavy atom. The van der Waals surface area contributed by atoms with Crippen molar-refractivity contribution in [3.8, 4) is 5.75 Å². The Hall–Kier alpha value is -2.26. The number of halogens is 2. The number of hydrogen-bond donors (Lipinski definition) is 3. The molecule has 34 heavy (non-hydrogen) atoms. The quantitative estimate of drug-likeness (QED) is 0.340. The van der Waals surface area contributed by atoms with Crippen molar-refractivity contribution in [3.63, 3.8) is 0 Å². The first-order valence-corrected chi connectivity index (χ1v) is 13.7. The lowest BCUT2D eigenvalue weighted by molar-refractivity contribution is 0.476. The van der Waals surface area contributed by atoms with Crippen LogP contribution in [0.15, 0.2) is 75.4 Å². The average Bonchev–Trinajstić information content (AvgIpc) is 3.38. The van der Waals surface area contributed by atoms with E-state index in [1.165, 1.54) is 80.2 Å². The van der Waals surface area contributed by atoms with Crippen molar-refractivity contribution in [2.45, 2.75) is 48.3 Å². The molecule has 9 heteroatoms. The third-order valence-corrected chi connectivity index (χ3v) is 7.24. The Labute approximate surface area is 210 Å². The van der Waals surface area contributed by atoms with Crippen LogP contribution in [0.3, 0.4) is 0 Å². The first kappa shape index (κ1) is 28.0. The number of rotatable bonds is 5. The molecule has 0 bridgehead atoms. The largest absolute Gasteiger partial charge is 0.506 e. The fourth-order valence-corrected chi connectivity index (χ4v) is 5.13. The van der Waals surface area contributed by atoms with Crippen molar-refractivity contribution in [1.82, 2.24) is 5.32 Å². The van der Waals surface area contributed by atoms with Gasteiger partial charge in [-0.2, -0.15) is 0 Å². The molecule has 0 aromatic heterocycles. The normalized spacial score (nSPS) is 12.7. The van der Waals surface area contributed by atoms with Gasteiger partial charge in [0.05, 0.1) is 15.6 Å². The Kier molecular flexibility index (Phi) is 11.2. The topological polar surface area (TPSA) is 78.4 Å². The fourth-order valence-electron chi connectivity index (χ4n) is 3.00. The van der Waals surface area contributed by atoms with Crippen LogP contribution in [0.25, 0.3) is 0 Å². The van der Waals surface area contributed by atoms with Crippen LogP contribution in [-0.2, 0) is 10.0 Å². The summed E-state index contributed by atoms with van der Waals surface area (Å²) in [6.45, 7) is 8.31. The molecular formula is C25H30ClFN2O3S2. The van der Waals surface area contributed by atoms with Gasteiger partial charge >= 0.3 is 0 Å². The zero-order chi connectivity index (χ0) is 25.1. The first-order chi connectivity index (χ1) is 16.2. The van der Waals surface area contributed by atoms with E-state index in [4.69, 9.17) is 11.6 Å². The number of benzene rings is 3. The molecule has 1 saturated heterocycles. The van der Waals surface area contributed by atoms with Gasteiger partial charge in [-0.25, -0.2) is 12.8 Å². The molecule has 3 N–H and O–H groups in total. The van der Waals surface area contributed by atoms with Gasteiger partial charge in [0, 0.05) is 15.9 Å². The van der Waals surface area contributed by atoms with E-state index in [0.717, 1.165) is 15.4 Å². The number of sulfonamides is 1. The summed E-state index contributed by atoms with van der Waals surface area (Å²) >= 11 is 7.06. The smallest absolute Gasteiger partial charge is 0.261 e. The highest BCUT2D eigenvalue weighted by Crippen LogP contribution is 2.31. The van der Waals surface area contributed by atoms with Gasteiger partial charge < -0.3 is 10.4 Å². The van der Waals surface area contributed by atoms with Crippen LogP contribution in [-0.4, -0.2) is 26.6 Å². The highest BCUT2D eigenvalue weighted by atomic mass is 35.5. The second-order valence-electron chi connectivity index (χ2n) is 7.27. The Bertz CT molecular complexity index is 1140. The summed E-state index contributed by atoms with van der Waals surface area (Å²) in [6.07, 6.45) is 2.78. The van der Waals surface area contributed by atoms with Gasteiger partial charge in [0.15, 0.2) is 0 Å². The second kappa shape index (κ2) is 13.6. The third-order valence-electron chi connectivity index (χ3n) is 4.54. The minimum atomic E-state index is -3.82. The molecule has 1 aliphatic heterocycles. The number of aryl methyl sites for hydroxylation is 1. The van der Waals surface area contributed by atoms with Crippen LogP contribution in [0.5, 0.6) is 5.75 Å². The van der Waals surface area contributed by atoms with Gasteiger partial charge in [-0.05, 0) is 93.0 Å². The van der Waals surface area contributed by atoms with Crippen LogP contribution >= 0.6 is 23.4 Å². The summed E-state index contributed by atoms with van der Waals surface area (Å²) in [7, 11) is -3.82. The number of phenols is 1. The molecule has 1 heterocycles. The van der Waals surface area contributed by atoms with Crippen LogP contribution in [0.4, 0.5) is 10.1 Å². The van der Waals surface area contributed by atoms with E-state index >= 15 is 0 Å². The highest BCUT2D eigenvalue weighted by Gasteiger charge is 2.15. The third kappa shape index (κ3) is 8.83. The van der Waals surface area contributed by atoms with E-state index in [9.17, 15) is 17.9 Å². The van der Waals surface area contributed by atoms with E-state index < -0.39 is 10.0 Å². The molecule has 3 aromatic carbocycles. The van der Waals surface area contributed by atoms with Crippen molar-refractivity contribution in [3.05, 3.63) is 77.1 Å². The maximum absolute atomic E-state index is 13.5. The number of aromatic hydroxyl groups is 1. The summed E-state index contributed by atoms with van der Waals surface area (Å²) in [5.74, 6) is -0.527. The van der Waals surface area contributed by atoms with E-state index in [2.05, 4.69) is 10.0 Å². The van der Waals surface area contributed by atoms with Gasteiger partial charge in [0.25, 0.3) is 10.0 Å². The van der Waals surface area contributed by atoms with Crippen LogP contribution in [0, 0.1) is 12.7 Å². The molecular weight excluding hydrogens is 495 g/mol. The summed E-state index contributed by atoms with van der Waals surface area (Å²) < 4.78 is 40.8. The SMILES string of the molecule is C1CCNC1.CC.Cc1cc(F)cc(Sc2ccc(S(=O)(=O)Nc3ccc(Cl)c(O)c3)cc2)c1. The summed E-state index contributed by atoms with van der Waals surface area (Å²) in [5.41, 5.74) is 1.01. The predicted octanol–water partition coefficient (Wildman–Crippen LogP) is 6.84. The highest BCUT2D eigenvalue weighted by molar-refractivity contribution is 7.99. The number of phenolic OH excluding ortho intramolecular Hbond substituents is 1. The van der Waals surface area contributed by atoms with Gasteiger partial charge in [0.2, 0.25) is 0 Å². The number of hydrogen-bond acceptors (Lipinski definition) is 5. The minimum Gasteiger partial charge on any atom is -0.506 e. The maximum atomic E-state index is 13.5. The molecule has 0 amide bonds. The summed E-state index contributed by atoms with van der Waals surface area (Å²) in [5, 5.41) is 12.9. The molecule has 5 nitrogen and oxygen atoms in total. The lowest BCUT2D eigenvalue weighted by Crippen LogP contribution is -2.12. The minimum absolute atomic E-state index is 0.0664. The van der Waals surface area contributed by atoms with E-state index in [0.29, 0.717) is 0 Å². The average molecular weight is 525 g/mol. The molecule has 184 valence electrons. The van der Waals surface area contributed by atoms with Crippen LogP contribution in [0.2, 0.25) is 5.02 Å². The Morgan fingerprint density at radius 2 is 1.62 bits per heavy atom. The molecule has 0 saturated carbocycles. The first-order valence-electron chi connectivity index (χ1n) is 11.0. The zero-order valence-corrected chi connectivity index (χ0v) is 21.8. The lowest BCUT2D eigenvalue weighted by atomic mass is 10.2. The van der Waals surface area contributed by atoms with E-state index in [1.54, 1.807) is 12.1 Å². The van der Waals surface area contributed by atoms with Crippen molar-refractivity contribution in [1.29, 1.82) is 0 Å². The Morgan fingerprint density at radius 3 is 2.15 bits per heavy atom. The molecule has 0 unspecified atom stereocenters. The van der Waals surface area contributed by atoms with Crippen molar-refractivity contribution < 1.29 is 17.9 Å². The van der Waals surface area contributed by atoms with Gasteiger partial charge in [0.1, 0.15) is 11.6 Å². The van der Waals surface area contributed by atoms with E-state index in [1.807, 2.05) is 26.8 Å². The molecule has 0 aliphatic carbocycles. The van der Waals surface area contributed by atoms with Gasteiger partial charge in [-0.1, -0.05) is 37.2 Å². The van der Waals surface area contributed by atoms with Crippen molar-refractivity contribution >= 4 is 39.1 Å². The number of nitrogens with one attached hydrogen (secondary N) is 2. The fraction of sp³-hybridized carbons (Fsp3) is 0.280. The predicted molar refractivity (Wildman–Crippen MR) is 139 cm³/mol. The summed E-state index contributed by atoms with van der Waals surface area (Å²) in [6, 6.07) is 15.0. The molecule has 1 aliphatic rings. The second-order valence-corrected chi connectivity index (χ2v) is 10.5. The monoisotopic (exact) mass is 524 g/mol. The molecule has 3 aromatic rings. The maximum Gasteiger partial charge on any atom is 0.261 e. The van der Waals surface area contributed by atoms with E-state index in [-0.39, 0.29) is 27.2 Å². The Balaban J connectivity index is 0.000000507. The number of anilines is 1. The van der Waals surface area contributed by atoms with Crippen molar-refractivity contribution in [2.24, 2.45) is 0 Å².